The fraction of sp³-hybridized carbons (Fsp3) is 0.143. The zero-order valence-electron chi connectivity index (χ0n) is 11.6. The summed E-state index contributed by atoms with van der Waals surface area (Å²) < 4.78 is 5.21. The van der Waals surface area contributed by atoms with E-state index < -0.39 is 6.04 Å². The zero-order chi connectivity index (χ0) is 15.5. The molecule has 0 aliphatic heterocycles. The van der Waals surface area contributed by atoms with E-state index in [1.807, 2.05) is 0 Å². The van der Waals surface area contributed by atoms with Crippen molar-refractivity contribution >= 4 is 17.5 Å². The molecule has 0 aliphatic carbocycles. The topological polar surface area (TPSA) is 96.7 Å². The predicted octanol–water partition coefficient (Wildman–Crippen LogP) is 2.60. The summed E-state index contributed by atoms with van der Waals surface area (Å²) in [5.41, 5.74) is 1.13. The van der Waals surface area contributed by atoms with Crippen LogP contribution < -0.4 is 5.32 Å². The van der Waals surface area contributed by atoms with Crippen molar-refractivity contribution in [2.75, 3.05) is 0 Å². The lowest BCUT2D eigenvalue weighted by molar-refractivity contribution is 0.0933. The first-order valence-electron chi connectivity index (χ1n) is 6.53. The van der Waals surface area contributed by atoms with Crippen molar-refractivity contribution in [2.45, 2.75) is 13.0 Å². The maximum Gasteiger partial charge on any atom is 0.269 e. The van der Waals surface area contributed by atoms with Gasteiger partial charge in [0.15, 0.2) is 5.82 Å². The Labute approximate surface area is 130 Å². The number of nitrogens with zero attached hydrogens (tertiary/aromatic N) is 3. The summed E-state index contributed by atoms with van der Waals surface area (Å²) in [5.74, 6) is 0.468. The minimum absolute atomic E-state index is 0.289. The summed E-state index contributed by atoms with van der Waals surface area (Å²) in [6.07, 6.45) is 1.51. The van der Waals surface area contributed by atoms with E-state index in [1.165, 1.54) is 6.20 Å². The number of halogens is 1. The molecule has 0 unspecified atom stereocenters. The predicted molar refractivity (Wildman–Crippen MR) is 79.2 cm³/mol. The zero-order valence-corrected chi connectivity index (χ0v) is 12.3. The van der Waals surface area contributed by atoms with E-state index in [9.17, 15) is 4.79 Å². The minimum Gasteiger partial charge on any atom is -0.341 e. The summed E-state index contributed by atoms with van der Waals surface area (Å²) in [6, 6.07) is 8.23. The smallest absolute Gasteiger partial charge is 0.269 e. The molecule has 2 heterocycles. The quantitative estimate of drug-likeness (QED) is 0.771. The molecule has 2 N–H and O–H groups in total. The number of carbonyl (C=O) groups excluding carboxylic acids is 1. The van der Waals surface area contributed by atoms with Crippen molar-refractivity contribution in [1.29, 1.82) is 0 Å². The van der Waals surface area contributed by atoms with Crippen LogP contribution >= 0.6 is 11.6 Å². The van der Waals surface area contributed by atoms with Crippen molar-refractivity contribution in [2.24, 2.45) is 0 Å². The van der Waals surface area contributed by atoms with Crippen molar-refractivity contribution in [3.8, 4) is 11.5 Å². The monoisotopic (exact) mass is 317 g/mol. The highest BCUT2D eigenvalue weighted by molar-refractivity contribution is 6.30. The van der Waals surface area contributed by atoms with Crippen LogP contribution in [0.2, 0.25) is 5.02 Å². The van der Waals surface area contributed by atoms with Gasteiger partial charge in [0.25, 0.3) is 11.8 Å². The van der Waals surface area contributed by atoms with Crippen LogP contribution in [0.15, 0.2) is 41.1 Å². The molecule has 3 rings (SSSR count). The van der Waals surface area contributed by atoms with Crippen LogP contribution in [0.4, 0.5) is 0 Å². The Morgan fingerprint density at radius 2 is 2.09 bits per heavy atom. The van der Waals surface area contributed by atoms with Gasteiger partial charge < -0.3 is 9.84 Å². The molecule has 3 aromatic rings. The van der Waals surface area contributed by atoms with Gasteiger partial charge in [-0.1, -0.05) is 16.8 Å². The highest BCUT2D eigenvalue weighted by Gasteiger charge is 2.18. The first-order valence-corrected chi connectivity index (χ1v) is 6.91. The van der Waals surface area contributed by atoms with E-state index in [2.05, 4.69) is 25.7 Å². The Hall–Kier alpha value is -2.67. The Morgan fingerprint density at radius 1 is 1.32 bits per heavy atom. The van der Waals surface area contributed by atoms with Crippen molar-refractivity contribution in [3.63, 3.8) is 0 Å². The van der Waals surface area contributed by atoms with Crippen LogP contribution in [0, 0.1) is 0 Å². The molecule has 0 bridgehead atoms. The van der Waals surface area contributed by atoms with E-state index in [1.54, 1.807) is 37.3 Å². The normalized spacial score (nSPS) is 12.1. The van der Waals surface area contributed by atoms with Gasteiger partial charge in [-0.05, 0) is 37.3 Å². The van der Waals surface area contributed by atoms with Gasteiger partial charge in [-0.15, -0.1) is 0 Å². The minimum atomic E-state index is -0.402. The van der Waals surface area contributed by atoms with E-state index >= 15 is 0 Å². The molecular weight excluding hydrogens is 306 g/mol. The van der Waals surface area contributed by atoms with Crippen molar-refractivity contribution in [1.82, 2.24) is 25.7 Å². The van der Waals surface area contributed by atoms with Gasteiger partial charge in [-0.2, -0.15) is 10.1 Å². The molecule has 0 saturated heterocycles. The highest BCUT2D eigenvalue weighted by Crippen LogP contribution is 2.21. The lowest BCUT2D eigenvalue weighted by atomic mass is 10.2. The molecule has 112 valence electrons. The second kappa shape index (κ2) is 5.98. The van der Waals surface area contributed by atoms with Gasteiger partial charge in [-0.25, -0.2) is 0 Å². The number of benzene rings is 1. The fourth-order valence-corrected chi connectivity index (χ4v) is 1.97. The summed E-state index contributed by atoms with van der Waals surface area (Å²) in [6.45, 7) is 1.77. The number of amides is 1. The van der Waals surface area contributed by atoms with Gasteiger partial charge in [0.2, 0.25) is 0 Å². The lowest BCUT2D eigenvalue weighted by Gasteiger charge is -2.08. The summed E-state index contributed by atoms with van der Waals surface area (Å²) >= 11 is 5.84. The van der Waals surface area contributed by atoms with Crippen LogP contribution in [0.5, 0.6) is 0 Å². The molecule has 22 heavy (non-hydrogen) atoms. The third-order valence-electron chi connectivity index (χ3n) is 3.01. The number of rotatable bonds is 4. The third-order valence-corrected chi connectivity index (χ3v) is 3.27. The number of H-pyrrole nitrogens is 1. The molecule has 0 aliphatic rings. The Morgan fingerprint density at radius 3 is 2.77 bits per heavy atom. The first-order chi connectivity index (χ1) is 10.6. The third kappa shape index (κ3) is 2.99. The second-order valence-electron chi connectivity index (χ2n) is 4.63. The second-order valence-corrected chi connectivity index (χ2v) is 5.07. The summed E-state index contributed by atoms with van der Waals surface area (Å²) in [5, 5.41) is 13.6. The molecule has 0 fully saturated rings. The molecule has 7 nitrogen and oxygen atoms in total. The van der Waals surface area contributed by atoms with Crippen LogP contribution in [0.3, 0.4) is 0 Å². The maximum absolute atomic E-state index is 11.9. The van der Waals surface area contributed by atoms with Gasteiger partial charge in [0.05, 0.1) is 6.04 Å². The van der Waals surface area contributed by atoms with Crippen LogP contribution in [0.1, 0.15) is 29.3 Å². The van der Waals surface area contributed by atoms with Crippen molar-refractivity contribution < 1.29 is 9.32 Å². The van der Waals surface area contributed by atoms with Crippen LogP contribution in [-0.4, -0.2) is 26.2 Å². The van der Waals surface area contributed by atoms with E-state index in [4.69, 9.17) is 16.1 Å². The number of hydrogen-bond acceptors (Lipinski definition) is 5. The molecule has 1 aromatic carbocycles. The highest BCUT2D eigenvalue weighted by atomic mass is 35.5. The maximum atomic E-state index is 11.9. The van der Waals surface area contributed by atoms with E-state index in [0.717, 1.165) is 5.56 Å². The number of nitrogens with one attached hydrogen (secondary N) is 2. The SMILES string of the molecule is C[C@H](NC(=O)c1ccn[nH]1)c1noc(-c2ccc(Cl)cc2)n1. The number of aromatic nitrogens is 4. The van der Waals surface area contributed by atoms with Crippen LogP contribution in [-0.2, 0) is 0 Å². The van der Waals surface area contributed by atoms with Gasteiger partial charge >= 0.3 is 0 Å². The average molecular weight is 318 g/mol. The molecule has 0 saturated carbocycles. The molecule has 0 spiro atoms. The molecule has 1 amide bonds. The number of aromatic amines is 1. The number of hydrogen-bond donors (Lipinski definition) is 2. The Balaban J connectivity index is 1.73. The number of carbonyl (C=O) groups is 1. The van der Waals surface area contributed by atoms with E-state index in [0.29, 0.717) is 22.4 Å². The van der Waals surface area contributed by atoms with E-state index in [-0.39, 0.29) is 5.91 Å². The molecule has 8 heteroatoms. The molecule has 1 atom stereocenters. The van der Waals surface area contributed by atoms with Crippen LogP contribution in [0.25, 0.3) is 11.5 Å². The Bertz CT molecular complexity index is 767. The lowest BCUT2D eigenvalue weighted by Crippen LogP contribution is -2.27. The fourth-order valence-electron chi connectivity index (χ4n) is 1.84. The first kappa shape index (κ1) is 14.3. The molecule has 0 radical (unpaired) electrons. The standard InChI is InChI=1S/C14H12ClN5O2/c1-8(17-13(21)11-6-7-16-19-11)12-18-14(22-20-12)9-2-4-10(15)5-3-9/h2-8H,1H3,(H,16,19)(H,17,21)/t8-/m0/s1. The Kier molecular flexibility index (Phi) is 3.88. The molecule has 2 aromatic heterocycles. The average Bonchev–Trinajstić information content (AvgIpc) is 3.20. The van der Waals surface area contributed by atoms with Gasteiger partial charge in [-0.3, -0.25) is 9.89 Å². The largest absolute Gasteiger partial charge is 0.341 e. The van der Waals surface area contributed by atoms with Gasteiger partial charge in [0.1, 0.15) is 5.69 Å². The summed E-state index contributed by atoms with van der Waals surface area (Å²) in [4.78, 5) is 16.2. The molecular formula is C14H12ClN5O2. The van der Waals surface area contributed by atoms with Crippen molar-refractivity contribution in [3.05, 3.63) is 53.1 Å². The van der Waals surface area contributed by atoms with Gasteiger partial charge in [0, 0.05) is 16.8 Å². The summed E-state index contributed by atoms with van der Waals surface area (Å²) in [7, 11) is 0.